The van der Waals surface area contributed by atoms with E-state index in [1.807, 2.05) is 0 Å². The van der Waals surface area contributed by atoms with Crippen LogP contribution in [0.1, 0.15) is 38.5 Å². The molecule has 4 bridgehead atoms. The molecule has 0 aromatic carbocycles. The summed E-state index contributed by atoms with van der Waals surface area (Å²) in [5.41, 5.74) is -0.452. The summed E-state index contributed by atoms with van der Waals surface area (Å²) >= 11 is 0. The number of epoxide rings is 1. The van der Waals surface area contributed by atoms with Crippen LogP contribution in [0.3, 0.4) is 0 Å². The van der Waals surface area contributed by atoms with Gasteiger partial charge in [0.1, 0.15) is 6.10 Å². The number of sulfonamides is 1. The van der Waals surface area contributed by atoms with E-state index in [2.05, 4.69) is 0 Å². The van der Waals surface area contributed by atoms with Crippen LogP contribution in [0.25, 0.3) is 0 Å². The van der Waals surface area contributed by atoms with Crippen molar-refractivity contribution in [2.24, 2.45) is 11.8 Å². The average Bonchev–Trinajstić information content (AvgIpc) is 3.30. The maximum Gasteiger partial charge on any atom is 0.349 e. The third-order valence-electron chi connectivity index (χ3n) is 5.92. The summed E-state index contributed by atoms with van der Waals surface area (Å²) < 4.78 is 69.1. The molecule has 4 saturated carbocycles. The molecule has 27 heavy (non-hydrogen) atoms. The Labute approximate surface area is 160 Å². The molecule has 0 aromatic heterocycles. The molecular weight excluding hydrogens is 398 g/mol. The molecule has 3 atom stereocenters. The SMILES string of the molecule is CS(=O)(=O)NS(=O)(=O)OCCOC12CC3CC(C1)CC(OCC1CO1)(C3)C2. The predicted octanol–water partition coefficient (Wildman–Crippen LogP) is 0.320. The summed E-state index contributed by atoms with van der Waals surface area (Å²) in [5, 5.41) is 0. The highest BCUT2D eigenvalue weighted by Gasteiger charge is 2.59. The van der Waals surface area contributed by atoms with Crippen LogP contribution in [0.2, 0.25) is 0 Å². The van der Waals surface area contributed by atoms with Crippen molar-refractivity contribution in [1.82, 2.24) is 4.13 Å². The summed E-state index contributed by atoms with van der Waals surface area (Å²) in [6.45, 7) is 1.27. The standard InChI is InChI=1S/C16H27NO8S2/c1-26(18,19)17-27(20,21)25-3-2-23-15-5-12-4-13(6-15)8-16(7-12,11-15)24-10-14-9-22-14/h12-14,17H,2-11H2,1H3. The smallest absolute Gasteiger partial charge is 0.349 e. The van der Waals surface area contributed by atoms with Gasteiger partial charge in [0.2, 0.25) is 10.0 Å². The summed E-state index contributed by atoms with van der Waals surface area (Å²) in [5.74, 6) is 1.14. The van der Waals surface area contributed by atoms with Crippen LogP contribution >= 0.6 is 0 Å². The van der Waals surface area contributed by atoms with Gasteiger partial charge < -0.3 is 14.2 Å². The summed E-state index contributed by atoms with van der Waals surface area (Å²) in [6, 6.07) is 0. The first-order valence-corrected chi connectivity index (χ1v) is 12.6. The van der Waals surface area contributed by atoms with E-state index in [0.717, 1.165) is 45.0 Å². The van der Waals surface area contributed by atoms with Gasteiger partial charge >= 0.3 is 10.3 Å². The zero-order chi connectivity index (χ0) is 19.3. The Kier molecular flexibility index (Phi) is 5.10. The fraction of sp³-hybridized carbons (Fsp3) is 1.00. The highest BCUT2D eigenvalue weighted by molar-refractivity contribution is 8.02. The Hall–Kier alpha value is -0.300. The van der Waals surface area contributed by atoms with Crippen molar-refractivity contribution in [3.8, 4) is 0 Å². The fourth-order valence-electron chi connectivity index (χ4n) is 5.48. The molecule has 0 spiro atoms. The molecule has 9 nitrogen and oxygen atoms in total. The number of nitrogens with one attached hydrogen (secondary N) is 1. The predicted molar refractivity (Wildman–Crippen MR) is 94.6 cm³/mol. The van der Waals surface area contributed by atoms with Crippen molar-refractivity contribution >= 4 is 20.3 Å². The molecule has 0 aromatic rings. The second-order valence-corrected chi connectivity index (χ2v) is 11.9. The molecule has 5 aliphatic rings. The maximum atomic E-state index is 11.6. The van der Waals surface area contributed by atoms with E-state index in [1.165, 1.54) is 10.5 Å². The van der Waals surface area contributed by atoms with Gasteiger partial charge in [-0.15, -0.1) is 0 Å². The quantitative estimate of drug-likeness (QED) is 0.392. The number of hydrogen-bond acceptors (Lipinski definition) is 8. The van der Waals surface area contributed by atoms with Crippen LogP contribution in [0, 0.1) is 11.8 Å². The molecule has 5 fully saturated rings. The van der Waals surface area contributed by atoms with Crippen LogP contribution in [0.4, 0.5) is 0 Å². The van der Waals surface area contributed by atoms with Crippen LogP contribution in [-0.2, 0) is 38.7 Å². The second-order valence-electron chi connectivity index (χ2n) is 8.57. The first kappa shape index (κ1) is 20.0. The minimum Gasteiger partial charge on any atom is -0.372 e. The van der Waals surface area contributed by atoms with Gasteiger partial charge in [-0.3, -0.25) is 4.18 Å². The molecule has 1 saturated heterocycles. The van der Waals surface area contributed by atoms with Gasteiger partial charge in [0.05, 0.1) is 43.9 Å². The molecule has 1 N–H and O–H groups in total. The molecule has 156 valence electrons. The largest absolute Gasteiger partial charge is 0.372 e. The van der Waals surface area contributed by atoms with Crippen LogP contribution in [-0.4, -0.2) is 66.8 Å². The summed E-state index contributed by atoms with van der Waals surface area (Å²) in [7, 11) is -8.25. The van der Waals surface area contributed by atoms with Gasteiger partial charge in [0.25, 0.3) is 0 Å². The first-order chi connectivity index (χ1) is 12.6. The van der Waals surface area contributed by atoms with Crippen molar-refractivity contribution in [2.45, 2.75) is 55.8 Å². The number of hydrogen-bond donors (Lipinski definition) is 1. The Balaban J connectivity index is 1.32. The lowest BCUT2D eigenvalue weighted by atomic mass is 9.52. The average molecular weight is 426 g/mol. The summed E-state index contributed by atoms with van der Waals surface area (Å²) in [6.07, 6.45) is 7.05. The van der Waals surface area contributed by atoms with Crippen LogP contribution in [0.5, 0.6) is 0 Å². The zero-order valence-corrected chi connectivity index (χ0v) is 17.0. The van der Waals surface area contributed by atoms with Gasteiger partial charge in [-0.25, -0.2) is 8.42 Å². The van der Waals surface area contributed by atoms with Gasteiger partial charge in [0, 0.05) is 6.42 Å². The van der Waals surface area contributed by atoms with Crippen molar-refractivity contribution in [3.05, 3.63) is 0 Å². The van der Waals surface area contributed by atoms with Crippen molar-refractivity contribution in [2.75, 3.05) is 32.7 Å². The Bertz CT molecular complexity index is 762. The lowest BCUT2D eigenvalue weighted by Crippen LogP contribution is -2.61. The van der Waals surface area contributed by atoms with Gasteiger partial charge in [-0.2, -0.15) is 8.42 Å². The van der Waals surface area contributed by atoms with E-state index < -0.39 is 20.3 Å². The molecule has 3 unspecified atom stereocenters. The highest BCUT2D eigenvalue weighted by Crippen LogP contribution is 2.60. The van der Waals surface area contributed by atoms with E-state index in [-0.39, 0.29) is 30.5 Å². The lowest BCUT2D eigenvalue weighted by Gasteiger charge is -2.61. The normalized spacial score (nSPS) is 40.4. The molecule has 4 aliphatic carbocycles. The Morgan fingerprint density at radius 2 is 1.59 bits per heavy atom. The van der Waals surface area contributed by atoms with E-state index in [9.17, 15) is 16.8 Å². The van der Waals surface area contributed by atoms with Crippen LogP contribution in [0.15, 0.2) is 0 Å². The molecule has 0 radical (unpaired) electrons. The number of ether oxygens (including phenoxy) is 3. The van der Waals surface area contributed by atoms with Crippen LogP contribution < -0.4 is 4.13 Å². The fourth-order valence-corrected chi connectivity index (χ4v) is 7.44. The molecule has 0 amide bonds. The first-order valence-electron chi connectivity index (χ1n) is 9.34. The maximum absolute atomic E-state index is 11.6. The molecule has 5 rings (SSSR count). The molecule has 1 heterocycles. The zero-order valence-electron chi connectivity index (χ0n) is 15.4. The Morgan fingerprint density at radius 3 is 2.15 bits per heavy atom. The van der Waals surface area contributed by atoms with E-state index >= 15 is 0 Å². The third-order valence-corrected chi connectivity index (χ3v) is 8.42. The molecule has 11 heteroatoms. The highest BCUT2D eigenvalue weighted by atomic mass is 32.3. The molecular formula is C16H27NO8S2. The third kappa shape index (κ3) is 5.01. The number of rotatable bonds is 10. The topological polar surface area (TPSA) is 121 Å². The Morgan fingerprint density at radius 1 is 1.00 bits per heavy atom. The lowest BCUT2D eigenvalue weighted by molar-refractivity contribution is -0.238. The van der Waals surface area contributed by atoms with E-state index in [1.54, 1.807) is 0 Å². The van der Waals surface area contributed by atoms with Gasteiger partial charge in [-0.1, -0.05) is 4.13 Å². The van der Waals surface area contributed by atoms with Crippen molar-refractivity contribution in [1.29, 1.82) is 0 Å². The minimum absolute atomic E-state index is 0.0892. The molecule has 1 aliphatic heterocycles. The van der Waals surface area contributed by atoms with Gasteiger partial charge in [-0.05, 0) is 43.9 Å². The summed E-state index contributed by atoms with van der Waals surface area (Å²) in [4.78, 5) is 0. The van der Waals surface area contributed by atoms with E-state index in [0.29, 0.717) is 18.4 Å². The van der Waals surface area contributed by atoms with Crippen molar-refractivity contribution in [3.63, 3.8) is 0 Å². The monoisotopic (exact) mass is 425 g/mol. The van der Waals surface area contributed by atoms with E-state index in [4.69, 9.17) is 18.4 Å². The minimum atomic E-state index is -4.35. The van der Waals surface area contributed by atoms with Gasteiger partial charge in [0.15, 0.2) is 0 Å². The second kappa shape index (κ2) is 6.89. The van der Waals surface area contributed by atoms with Crippen molar-refractivity contribution < 1.29 is 35.2 Å².